The molecule has 6 heteroatoms. The second kappa shape index (κ2) is 6.80. The number of rotatable bonds is 6. The Bertz CT molecular complexity index is 891. The number of nitriles is 1. The van der Waals surface area contributed by atoms with Gasteiger partial charge in [0.2, 0.25) is 0 Å². The number of hydrogen-bond acceptors (Lipinski definition) is 4. The topological polar surface area (TPSA) is 67.2 Å². The van der Waals surface area contributed by atoms with Gasteiger partial charge in [0, 0.05) is 17.5 Å². The molecule has 0 bridgehead atoms. The van der Waals surface area contributed by atoms with Gasteiger partial charge in [0.25, 0.3) is 0 Å². The summed E-state index contributed by atoms with van der Waals surface area (Å²) in [6, 6.07) is 17.5. The summed E-state index contributed by atoms with van der Waals surface area (Å²) in [4.78, 5) is 0.229. The summed E-state index contributed by atoms with van der Waals surface area (Å²) in [5.74, 6) is -0.438. The van der Waals surface area contributed by atoms with Crippen molar-refractivity contribution in [3.05, 3.63) is 65.2 Å². The van der Waals surface area contributed by atoms with Gasteiger partial charge in [-0.15, -0.1) is 0 Å². The molecule has 1 saturated carbocycles. The van der Waals surface area contributed by atoms with Gasteiger partial charge in [-0.25, -0.2) is 8.42 Å². The molecule has 3 rings (SSSR count). The number of nitrogens with zero attached hydrogens (tertiary/aromatic N) is 1. The minimum Gasteiger partial charge on any atom is -0.380 e. The first kappa shape index (κ1) is 17.9. The van der Waals surface area contributed by atoms with E-state index in [4.69, 9.17) is 16.3 Å². The zero-order chi connectivity index (χ0) is 18.1. The Morgan fingerprint density at radius 2 is 1.80 bits per heavy atom. The Labute approximate surface area is 152 Å². The van der Waals surface area contributed by atoms with Crippen LogP contribution in [-0.4, -0.2) is 26.9 Å². The van der Waals surface area contributed by atoms with E-state index in [-0.39, 0.29) is 11.5 Å². The summed E-state index contributed by atoms with van der Waals surface area (Å²) in [7, 11) is -3.66. The third-order valence-electron chi connectivity index (χ3n) is 4.64. The quantitative estimate of drug-likeness (QED) is 0.769. The lowest BCUT2D eigenvalue weighted by Crippen LogP contribution is -2.19. The Morgan fingerprint density at radius 3 is 2.36 bits per heavy atom. The van der Waals surface area contributed by atoms with Crippen molar-refractivity contribution in [1.82, 2.24) is 0 Å². The van der Waals surface area contributed by atoms with Gasteiger partial charge in [-0.05, 0) is 36.8 Å². The Hall–Kier alpha value is -1.87. The molecule has 4 nitrogen and oxygen atoms in total. The van der Waals surface area contributed by atoms with E-state index >= 15 is 0 Å². The number of halogens is 1. The van der Waals surface area contributed by atoms with E-state index in [9.17, 15) is 13.7 Å². The maximum Gasteiger partial charge on any atom is 0.183 e. The van der Waals surface area contributed by atoms with Gasteiger partial charge in [-0.3, -0.25) is 0 Å². The van der Waals surface area contributed by atoms with Gasteiger partial charge in [0.1, 0.15) is 5.41 Å². The molecular weight excluding hydrogens is 358 g/mol. The van der Waals surface area contributed by atoms with Crippen LogP contribution < -0.4 is 0 Å². The zero-order valence-corrected chi connectivity index (χ0v) is 15.3. The van der Waals surface area contributed by atoms with Gasteiger partial charge in [0.15, 0.2) is 9.84 Å². The summed E-state index contributed by atoms with van der Waals surface area (Å²) in [6.07, 6.45) is 0. The largest absolute Gasteiger partial charge is 0.380 e. The second-order valence-electron chi connectivity index (χ2n) is 6.10. The number of hydrogen-bond donors (Lipinski definition) is 0. The Morgan fingerprint density at radius 1 is 1.16 bits per heavy atom. The molecule has 0 saturated heterocycles. The van der Waals surface area contributed by atoms with Crippen LogP contribution >= 0.6 is 11.6 Å². The van der Waals surface area contributed by atoms with Crippen molar-refractivity contribution in [2.45, 2.75) is 23.0 Å². The normalized spacial score (nSPS) is 25.3. The Balaban J connectivity index is 2.06. The van der Waals surface area contributed by atoms with Crippen molar-refractivity contribution in [3.63, 3.8) is 0 Å². The van der Waals surface area contributed by atoms with E-state index in [1.165, 1.54) is 0 Å². The summed E-state index contributed by atoms with van der Waals surface area (Å²) in [5.41, 5.74) is -0.298. The fourth-order valence-electron chi connectivity index (χ4n) is 3.37. The molecule has 2 aromatic rings. The molecule has 0 amide bonds. The first-order valence-corrected chi connectivity index (χ1v) is 9.93. The van der Waals surface area contributed by atoms with E-state index in [0.29, 0.717) is 11.6 Å². The van der Waals surface area contributed by atoms with E-state index < -0.39 is 26.4 Å². The highest BCUT2D eigenvalue weighted by molar-refractivity contribution is 7.92. The molecular formula is C19H18ClNO3S. The monoisotopic (exact) mass is 375 g/mol. The van der Waals surface area contributed by atoms with Crippen LogP contribution in [0.5, 0.6) is 0 Å². The smallest absolute Gasteiger partial charge is 0.183 e. The number of benzene rings is 2. The van der Waals surface area contributed by atoms with Crippen LogP contribution in [0.3, 0.4) is 0 Å². The van der Waals surface area contributed by atoms with Crippen LogP contribution in [0.2, 0.25) is 5.02 Å². The summed E-state index contributed by atoms with van der Waals surface area (Å²) in [5, 5.41) is 9.57. The van der Waals surface area contributed by atoms with E-state index in [2.05, 4.69) is 6.07 Å². The Kier molecular flexibility index (Phi) is 4.88. The van der Waals surface area contributed by atoms with Crippen molar-refractivity contribution in [3.8, 4) is 6.07 Å². The third kappa shape index (κ3) is 3.06. The van der Waals surface area contributed by atoms with Crippen molar-refractivity contribution >= 4 is 21.4 Å². The molecule has 25 heavy (non-hydrogen) atoms. The van der Waals surface area contributed by atoms with Crippen molar-refractivity contribution in [2.24, 2.45) is 5.41 Å². The maximum atomic E-state index is 13.2. The second-order valence-corrected chi connectivity index (χ2v) is 8.60. The fraction of sp³-hybridized carbons (Fsp3) is 0.316. The predicted molar refractivity (Wildman–Crippen MR) is 96.1 cm³/mol. The molecule has 3 atom stereocenters. The van der Waals surface area contributed by atoms with Crippen molar-refractivity contribution in [2.75, 3.05) is 13.2 Å². The van der Waals surface area contributed by atoms with Gasteiger partial charge in [-0.1, -0.05) is 41.9 Å². The highest BCUT2D eigenvalue weighted by Gasteiger charge is 2.72. The molecule has 1 aliphatic rings. The summed E-state index contributed by atoms with van der Waals surface area (Å²) < 4.78 is 31.8. The molecule has 1 fully saturated rings. The molecule has 0 radical (unpaired) electrons. The van der Waals surface area contributed by atoms with E-state index in [1.807, 2.05) is 6.92 Å². The van der Waals surface area contributed by atoms with Crippen molar-refractivity contribution < 1.29 is 13.2 Å². The lowest BCUT2D eigenvalue weighted by atomic mass is 10.0. The molecule has 3 unspecified atom stereocenters. The fourth-order valence-corrected chi connectivity index (χ4v) is 5.82. The first-order chi connectivity index (χ1) is 12.0. The van der Waals surface area contributed by atoms with Crippen LogP contribution in [0.15, 0.2) is 59.5 Å². The van der Waals surface area contributed by atoms with Crippen LogP contribution in [0, 0.1) is 16.7 Å². The lowest BCUT2D eigenvalue weighted by molar-refractivity contribution is 0.117. The predicted octanol–water partition coefficient (Wildman–Crippen LogP) is 3.83. The summed E-state index contributed by atoms with van der Waals surface area (Å²) in [6.45, 7) is 2.34. The molecule has 0 N–H and O–H groups in total. The SMILES string of the molecule is CCOCC1(C#N)C(c2ccc(Cl)cc2)C1S(=O)(=O)c1ccccc1. The van der Waals surface area contributed by atoms with Crippen LogP contribution in [0.4, 0.5) is 0 Å². The van der Waals surface area contributed by atoms with Crippen LogP contribution in [0.25, 0.3) is 0 Å². The van der Waals surface area contributed by atoms with E-state index in [1.54, 1.807) is 54.6 Å². The van der Waals surface area contributed by atoms with Gasteiger partial charge >= 0.3 is 0 Å². The molecule has 0 spiro atoms. The zero-order valence-electron chi connectivity index (χ0n) is 13.7. The molecule has 0 heterocycles. The van der Waals surface area contributed by atoms with Crippen LogP contribution in [-0.2, 0) is 14.6 Å². The van der Waals surface area contributed by atoms with Gasteiger partial charge < -0.3 is 4.74 Å². The number of sulfone groups is 1. The minimum atomic E-state index is -3.66. The minimum absolute atomic E-state index is 0.0873. The highest BCUT2D eigenvalue weighted by atomic mass is 35.5. The highest BCUT2D eigenvalue weighted by Crippen LogP contribution is 2.63. The molecule has 2 aromatic carbocycles. The average molecular weight is 376 g/mol. The third-order valence-corrected chi connectivity index (χ3v) is 7.19. The lowest BCUT2D eigenvalue weighted by Gasteiger charge is -2.09. The molecule has 130 valence electrons. The van der Waals surface area contributed by atoms with Crippen LogP contribution in [0.1, 0.15) is 18.4 Å². The summed E-state index contributed by atoms with van der Waals surface area (Å²) >= 11 is 5.94. The van der Waals surface area contributed by atoms with Gasteiger partial charge in [0.05, 0.1) is 22.8 Å². The average Bonchev–Trinajstić information content (AvgIpc) is 3.31. The number of ether oxygens (including phenoxy) is 1. The molecule has 0 aliphatic heterocycles. The first-order valence-electron chi connectivity index (χ1n) is 8.01. The maximum absolute atomic E-state index is 13.2. The standard InChI is InChI=1S/C19H18ClNO3S/c1-2-24-13-19(12-21)17(14-8-10-15(20)11-9-14)18(19)25(22,23)16-6-4-3-5-7-16/h3-11,17-18H,2,13H2,1H3. The van der Waals surface area contributed by atoms with Gasteiger partial charge in [-0.2, -0.15) is 5.26 Å². The van der Waals surface area contributed by atoms with Crippen molar-refractivity contribution in [1.29, 1.82) is 5.26 Å². The molecule has 1 aliphatic carbocycles. The molecule has 0 aromatic heterocycles. The van der Waals surface area contributed by atoms with E-state index in [0.717, 1.165) is 5.56 Å².